The molecule has 1 saturated heterocycles. The lowest BCUT2D eigenvalue weighted by molar-refractivity contribution is 0.0785. The Morgan fingerprint density at radius 2 is 2.17 bits per heavy atom. The van der Waals surface area contributed by atoms with Crippen LogP contribution in [0.25, 0.3) is 5.57 Å². The van der Waals surface area contributed by atoms with E-state index in [1.54, 1.807) is 7.05 Å². The number of nitrogens with one attached hydrogen (secondary N) is 1. The van der Waals surface area contributed by atoms with Crippen LogP contribution in [0.3, 0.4) is 0 Å². The summed E-state index contributed by atoms with van der Waals surface area (Å²) in [6, 6.07) is 6.12. The molecule has 6 nitrogen and oxygen atoms in total. The fraction of sp³-hybridized carbons (Fsp3) is 0.478. The molecule has 6 heteroatoms. The highest BCUT2D eigenvalue weighted by Crippen LogP contribution is 2.29. The summed E-state index contributed by atoms with van der Waals surface area (Å²) in [6.45, 7) is 9.71. The van der Waals surface area contributed by atoms with Crippen molar-refractivity contribution in [3.8, 4) is 0 Å². The van der Waals surface area contributed by atoms with E-state index in [1.807, 2.05) is 24.1 Å². The van der Waals surface area contributed by atoms with E-state index >= 15 is 0 Å². The molecule has 0 aromatic carbocycles. The fourth-order valence-electron chi connectivity index (χ4n) is 3.76. The van der Waals surface area contributed by atoms with E-state index in [-0.39, 0.29) is 11.8 Å². The van der Waals surface area contributed by atoms with Crippen LogP contribution in [0, 0.1) is 6.92 Å². The standard InChI is InChI=1S/C23H31N5O/c1-6-7-17(13-24-5)19-10-16(4)25-21(11-19)18-8-9-28(14-18)23(29)22-12-20(15(2)3)26-27-22/h7,10-13,15,18H,6,8-9,14H2,1-5H3,(H,26,27)/b17-7+,24-13?. The summed E-state index contributed by atoms with van der Waals surface area (Å²) in [5.41, 5.74) is 5.78. The van der Waals surface area contributed by atoms with Crippen LogP contribution in [-0.4, -0.2) is 52.3 Å². The molecule has 1 aliphatic rings. The van der Waals surface area contributed by atoms with E-state index in [4.69, 9.17) is 4.98 Å². The van der Waals surface area contributed by atoms with Gasteiger partial charge in [-0.3, -0.25) is 19.9 Å². The minimum atomic E-state index is -0.00629. The number of aliphatic imine (C=N–C) groups is 1. The van der Waals surface area contributed by atoms with Gasteiger partial charge in [0.05, 0.1) is 0 Å². The number of carbonyl (C=O) groups is 1. The summed E-state index contributed by atoms with van der Waals surface area (Å²) in [5, 5.41) is 7.19. The molecule has 0 aliphatic carbocycles. The van der Waals surface area contributed by atoms with Gasteiger partial charge in [0.1, 0.15) is 5.69 Å². The Balaban J connectivity index is 1.78. The van der Waals surface area contributed by atoms with E-state index in [2.05, 4.69) is 54.2 Å². The van der Waals surface area contributed by atoms with Crippen LogP contribution in [0.15, 0.2) is 29.3 Å². The topological polar surface area (TPSA) is 74.2 Å². The van der Waals surface area contributed by atoms with Crippen LogP contribution < -0.4 is 0 Å². The summed E-state index contributed by atoms with van der Waals surface area (Å²) >= 11 is 0. The van der Waals surface area contributed by atoms with Gasteiger partial charge in [-0.05, 0) is 55.0 Å². The zero-order valence-electron chi connectivity index (χ0n) is 18.1. The van der Waals surface area contributed by atoms with Crippen molar-refractivity contribution >= 4 is 17.7 Å². The Morgan fingerprint density at radius 3 is 2.83 bits per heavy atom. The number of pyridine rings is 1. The summed E-state index contributed by atoms with van der Waals surface area (Å²) < 4.78 is 0. The van der Waals surface area contributed by atoms with Crippen molar-refractivity contribution < 1.29 is 4.79 Å². The normalized spacial score (nSPS) is 17.7. The van der Waals surface area contributed by atoms with Crippen LogP contribution in [0.5, 0.6) is 0 Å². The Hall–Kier alpha value is -2.76. The zero-order valence-corrected chi connectivity index (χ0v) is 18.1. The van der Waals surface area contributed by atoms with E-state index in [0.717, 1.165) is 47.6 Å². The number of nitrogens with zero attached hydrogens (tertiary/aromatic N) is 4. The molecule has 0 radical (unpaired) electrons. The molecular formula is C23H31N5O. The molecule has 1 amide bonds. The van der Waals surface area contributed by atoms with Crippen LogP contribution >= 0.6 is 0 Å². The number of aryl methyl sites for hydroxylation is 1. The van der Waals surface area contributed by atoms with Gasteiger partial charge in [0, 0.05) is 49.4 Å². The van der Waals surface area contributed by atoms with Gasteiger partial charge in [0.2, 0.25) is 0 Å². The lowest BCUT2D eigenvalue weighted by Gasteiger charge is -2.16. The largest absolute Gasteiger partial charge is 0.337 e. The molecule has 0 saturated carbocycles. The van der Waals surface area contributed by atoms with Crippen molar-refractivity contribution in [2.45, 2.75) is 52.4 Å². The van der Waals surface area contributed by atoms with Crippen LogP contribution in [-0.2, 0) is 0 Å². The first kappa shape index (κ1) is 21.0. The number of rotatable bonds is 6. The first-order valence-electron chi connectivity index (χ1n) is 10.4. The maximum Gasteiger partial charge on any atom is 0.274 e. The Morgan fingerprint density at radius 1 is 1.38 bits per heavy atom. The number of aromatic nitrogens is 3. The van der Waals surface area contributed by atoms with Gasteiger partial charge in [0.25, 0.3) is 5.91 Å². The van der Waals surface area contributed by atoms with Crippen molar-refractivity contribution in [3.63, 3.8) is 0 Å². The number of allylic oxidation sites excluding steroid dienone is 2. The molecule has 1 N–H and O–H groups in total. The molecule has 2 aromatic rings. The van der Waals surface area contributed by atoms with Gasteiger partial charge >= 0.3 is 0 Å². The highest BCUT2D eigenvalue weighted by Gasteiger charge is 2.30. The second kappa shape index (κ2) is 9.16. The van der Waals surface area contributed by atoms with Crippen molar-refractivity contribution in [1.29, 1.82) is 0 Å². The first-order valence-corrected chi connectivity index (χ1v) is 10.4. The van der Waals surface area contributed by atoms with E-state index in [0.29, 0.717) is 18.2 Å². The Bertz CT molecular complexity index is 925. The minimum absolute atomic E-state index is 0.00629. The lowest BCUT2D eigenvalue weighted by Crippen LogP contribution is -2.28. The predicted molar refractivity (Wildman–Crippen MR) is 118 cm³/mol. The fourth-order valence-corrected chi connectivity index (χ4v) is 3.76. The molecule has 2 aromatic heterocycles. The maximum atomic E-state index is 12.9. The van der Waals surface area contributed by atoms with Crippen molar-refractivity contribution in [1.82, 2.24) is 20.1 Å². The lowest BCUT2D eigenvalue weighted by atomic mass is 9.98. The zero-order chi connectivity index (χ0) is 21.0. The molecule has 3 rings (SSSR count). The quantitative estimate of drug-likeness (QED) is 0.741. The average molecular weight is 394 g/mol. The van der Waals surface area contributed by atoms with Crippen molar-refractivity contribution in [2.75, 3.05) is 20.1 Å². The van der Waals surface area contributed by atoms with Gasteiger partial charge in [-0.2, -0.15) is 5.10 Å². The molecule has 0 bridgehead atoms. The molecule has 154 valence electrons. The van der Waals surface area contributed by atoms with Gasteiger partial charge in [0.15, 0.2) is 0 Å². The third kappa shape index (κ3) is 4.81. The second-order valence-corrected chi connectivity index (χ2v) is 7.98. The number of aromatic amines is 1. The number of hydrogen-bond acceptors (Lipinski definition) is 4. The average Bonchev–Trinajstić information content (AvgIpc) is 3.37. The maximum absolute atomic E-state index is 12.9. The number of hydrogen-bond donors (Lipinski definition) is 1. The van der Waals surface area contributed by atoms with Gasteiger partial charge in [-0.25, -0.2) is 0 Å². The number of carbonyl (C=O) groups excluding carboxylic acids is 1. The van der Waals surface area contributed by atoms with Gasteiger partial charge in [-0.15, -0.1) is 0 Å². The monoisotopic (exact) mass is 393 g/mol. The number of H-pyrrole nitrogens is 1. The minimum Gasteiger partial charge on any atom is -0.337 e. The second-order valence-electron chi connectivity index (χ2n) is 7.98. The van der Waals surface area contributed by atoms with Gasteiger partial charge < -0.3 is 4.90 Å². The molecule has 0 spiro atoms. The van der Waals surface area contributed by atoms with Crippen molar-refractivity contribution in [2.24, 2.45) is 4.99 Å². The molecule has 1 aliphatic heterocycles. The predicted octanol–water partition coefficient (Wildman–Crippen LogP) is 4.36. The first-order chi connectivity index (χ1) is 13.9. The van der Waals surface area contributed by atoms with E-state index in [1.165, 1.54) is 0 Å². The molecule has 3 heterocycles. The summed E-state index contributed by atoms with van der Waals surface area (Å²) in [6.07, 6.45) is 5.94. The summed E-state index contributed by atoms with van der Waals surface area (Å²) in [5.74, 6) is 0.554. The van der Waals surface area contributed by atoms with Crippen LogP contribution in [0.1, 0.15) is 78.6 Å². The molecule has 1 unspecified atom stereocenters. The van der Waals surface area contributed by atoms with Gasteiger partial charge in [-0.1, -0.05) is 26.8 Å². The highest BCUT2D eigenvalue weighted by atomic mass is 16.2. The third-order valence-corrected chi connectivity index (χ3v) is 5.33. The Labute approximate surface area is 173 Å². The third-order valence-electron chi connectivity index (χ3n) is 5.33. The molecule has 29 heavy (non-hydrogen) atoms. The number of likely N-dealkylation sites (tertiary alicyclic amines) is 1. The van der Waals surface area contributed by atoms with Crippen LogP contribution in [0.4, 0.5) is 0 Å². The van der Waals surface area contributed by atoms with Crippen LogP contribution in [0.2, 0.25) is 0 Å². The highest BCUT2D eigenvalue weighted by molar-refractivity contribution is 6.09. The number of amides is 1. The SMILES string of the molecule is CC/C=C(\C=NC)c1cc(C)nc(C2CCN(C(=O)c3cc(C(C)C)[nH]n3)C2)c1. The van der Waals surface area contributed by atoms with E-state index < -0.39 is 0 Å². The molecule has 1 fully saturated rings. The molecule has 1 atom stereocenters. The molecular weight excluding hydrogens is 362 g/mol. The Kier molecular flexibility index (Phi) is 6.62. The smallest absolute Gasteiger partial charge is 0.274 e. The van der Waals surface area contributed by atoms with Crippen molar-refractivity contribution in [3.05, 3.63) is 52.6 Å². The summed E-state index contributed by atoms with van der Waals surface area (Å²) in [7, 11) is 1.79. The van der Waals surface area contributed by atoms with E-state index in [9.17, 15) is 4.79 Å². The summed E-state index contributed by atoms with van der Waals surface area (Å²) in [4.78, 5) is 23.7.